The summed E-state index contributed by atoms with van der Waals surface area (Å²) in [6, 6.07) is 18.6. The smallest absolute Gasteiger partial charge is 0.167 e. The van der Waals surface area contributed by atoms with Crippen molar-refractivity contribution in [1.82, 2.24) is 5.32 Å². The number of aliphatic hydroxyl groups excluding tert-OH is 1. The zero-order valence-corrected chi connectivity index (χ0v) is 19.5. The number of ether oxygens (including phenoxy) is 2. The summed E-state index contributed by atoms with van der Waals surface area (Å²) in [5.41, 5.74) is 2.57. The first-order valence-electron chi connectivity index (χ1n) is 9.35. The number of aliphatic hydroxyl groups is 1. The molecule has 0 fully saturated rings. The van der Waals surface area contributed by atoms with E-state index >= 15 is 0 Å². The van der Waals surface area contributed by atoms with Crippen molar-refractivity contribution in [2.45, 2.75) is 19.3 Å². The van der Waals surface area contributed by atoms with Crippen LogP contribution < -0.4 is 14.8 Å². The van der Waals surface area contributed by atoms with Crippen molar-refractivity contribution in [3.05, 3.63) is 91.9 Å². The summed E-state index contributed by atoms with van der Waals surface area (Å²) in [5.74, 6) is 1.23. The van der Waals surface area contributed by atoms with Crippen molar-refractivity contribution in [1.29, 1.82) is 0 Å². The molecule has 0 aliphatic rings. The van der Waals surface area contributed by atoms with Crippen molar-refractivity contribution in [3.8, 4) is 11.5 Å². The molecule has 158 valence electrons. The van der Waals surface area contributed by atoms with Crippen LogP contribution in [0.25, 0.3) is 0 Å². The molecule has 3 rings (SSSR count). The van der Waals surface area contributed by atoms with Gasteiger partial charge in [-0.2, -0.15) is 0 Å². The summed E-state index contributed by atoms with van der Waals surface area (Å²) in [7, 11) is 1.60. The molecule has 30 heavy (non-hydrogen) atoms. The van der Waals surface area contributed by atoms with Gasteiger partial charge in [-0.15, -0.1) is 0 Å². The predicted octanol–water partition coefficient (Wildman–Crippen LogP) is 6.17. The first-order chi connectivity index (χ1) is 14.5. The summed E-state index contributed by atoms with van der Waals surface area (Å²) in [5, 5.41) is 14.8. The molecule has 0 spiro atoms. The van der Waals surface area contributed by atoms with Gasteiger partial charge < -0.3 is 19.9 Å². The van der Waals surface area contributed by atoms with Gasteiger partial charge in [-0.25, -0.2) is 0 Å². The van der Waals surface area contributed by atoms with Gasteiger partial charge >= 0.3 is 0 Å². The van der Waals surface area contributed by atoms with E-state index in [0.717, 1.165) is 21.2 Å². The third-order valence-corrected chi connectivity index (χ3v) is 5.93. The topological polar surface area (TPSA) is 50.7 Å². The Kier molecular flexibility index (Phi) is 8.42. The van der Waals surface area contributed by atoms with Gasteiger partial charge in [0.05, 0.1) is 13.2 Å². The molecule has 0 aliphatic carbocycles. The van der Waals surface area contributed by atoms with Crippen LogP contribution in [0, 0.1) is 0 Å². The van der Waals surface area contributed by atoms with Crippen molar-refractivity contribution < 1.29 is 14.6 Å². The van der Waals surface area contributed by atoms with Crippen molar-refractivity contribution in [2.24, 2.45) is 0 Å². The molecule has 0 heterocycles. The fourth-order valence-corrected chi connectivity index (χ4v) is 3.90. The fraction of sp³-hybridized carbons (Fsp3) is 0.217. The Morgan fingerprint density at radius 3 is 2.53 bits per heavy atom. The van der Waals surface area contributed by atoms with Gasteiger partial charge in [-0.1, -0.05) is 75.5 Å². The minimum absolute atomic E-state index is 0.266. The molecule has 1 unspecified atom stereocenters. The largest absolute Gasteiger partial charge is 0.493 e. The lowest BCUT2D eigenvalue weighted by Gasteiger charge is -2.18. The second-order valence-corrected chi connectivity index (χ2v) is 8.34. The molecule has 7 heteroatoms. The minimum Gasteiger partial charge on any atom is -0.493 e. The van der Waals surface area contributed by atoms with Gasteiger partial charge in [0.25, 0.3) is 0 Å². The van der Waals surface area contributed by atoms with Gasteiger partial charge in [0.2, 0.25) is 0 Å². The predicted molar refractivity (Wildman–Crippen MR) is 125 cm³/mol. The molecule has 0 saturated heterocycles. The van der Waals surface area contributed by atoms with E-state index in [1.54, 1.807) is 19.2 Å². The summed E-state index contributed by atoms with van der Waals surface area (Å²) < 4.78 is 12.5. The van der Waals surface area contributed by atoms with Gasteiger partial charge in [0.1, 0.15) is 6.61 Å². The summed E-state index contributed by atoms with van der Waals surface area (Å²) in [6.07, 6.45) is -0.604. The van der Waals surface area contributed by atoms with Crippen LogP contribution in [0.3, 0.4) is 0 Å². The van der Waals surface area contributed by atoms with E-state index in [0.29, 0.717) is 34.6 Å². The minimum atomic E-state index is -0.604. The number of hydrogen-bond acceptors (Lipinski definition) is 4. The van der Waals surface area contributed by atoms with E-state index in [9.17, 15) is 5.11 Å². The van der Waals surface area contributed by atoms with E-state index in [2.05, 4.69) is 21.2 Å². The maximum atomic E-state index is 10.4. The first-order valence-corrected chi connectivity index (χ1v) is 10.9. The SMILES string of the molecule is COc1ccc(Br)c(CNCC(O)c2ccccc2)c1OCc1ccc(Cl)cc1Cl. The number of rotatable bonds is 9. The van der Waals surface area contributed by atoms with Gasteiger partial charge in [0, 0.05) is 38.7 Å². The van der Waals surface area contributed by atoms with Crippen LogP contribution >= 0.6 is 39.1 Å². The normalized spacial score (nSPS) is 11.9. The van der Waals surface area contributed by atoms with E-state index < -0.39 is 6.10 Å². The molecule has 0 saturated carbocycles. The summed E-state index contributed by atoms with van der Waals surface area (Å²) in [4.78, 5) is 0. The van der Waals surface area contributed by atoms with Crippen molar-refractivity contribution in [3.63, 3.8) is 0 Å². The van der Waals surface area contributed by atoms with Crippen LogP contribution in [0.4, 0.5) is 0 Å². The quantitative estimate of drug-likeness (QED) is 0.361. The van der Waals surface area contributed by atoms with E-state index in [-0.39, 0.29) is 6.61 Å². The molecule has 0 aromatic heterocycles. The lowest BCUT2D eigenvalue weighted by molar-refractivity contribution is 0.174. The summed E-state index contributed by atoms with van der Waals surface area (Å²) in [6.45, 7) is 1.14. The first kappa shape index (κ1) is 22.9. The Hall–Kier alpha value is -1.76. The third-order valence-electron chi connectivity index (χ3n) is 4.60. The van der Waals surface area contributed by atoms with Crippen LogP contribution in [-0.2, 0) is 13.2 Å². The van der Waals surface area contributed by atoms with Crippen LogP contribution in [0.5, 0.6) is 11.5 Å². The number of benzene rings is 3. The summed E-state index contributed by atoms with van der Waals surface area (Å²) >= 11 is 15.8. The van der Waals surface area contributed by atoms with Crippen LogP contribution in [0.2, 0.25) is 10.0 Å². The van der Waals surface area contributed by atoms with E-state index in [4.69, 9.17) is 32.7 Å². The molecule has 0 amide bonds. The van der Waals surface area contributed by atoms with Crippen molar-refractivity contribution >= 4 is 39.1 Å². The molecular formula is C23H22BrCl2NO3. The Morgan fingerprint density at radius 1 is 1.07 bits per heavy atom. The zero-order valence-electron chi connectivity index (χ0n) is 16.4. The highest BCUT2D eigenvalue weighted by Crippen LogP contribution is 2.37. The van der Waals surface area contributed by atoms with E-state index in [1.165, 1.54) is 0 Å². The molecule has 2 N–H and O–H groups in total. The highest BCUT2D eigenvalue weighted by atomic mass is 79.9. The monoisotopic (exact) mass is 509 g/mol. The average molecular weight is 511 g/mol. The molecule has 1 atom stereocenters. The lowest BCUT2D eigenvalue weighted by atomic mass is 10.1. The second-order valence-electron chi connectivity index (χ2n) is 6.64. The Morgan fingerprint density at radius 2 is 1.83 bits per heavy atom. The number of methoxy groups -OCH3 is 1. The van der Waals surface area contributed by atoms with Crippen LogP contribution in [-0.4, -0.2) is 18.8 Å². The van der Waals surface area contributed by atoms with Gasteiger partial charge in [0.15, 0.2) is 11.5 Å². The highest BCUT2D eigenvalue weighted by molar-refractivity contribution is 9.10. The molecule has 3 aromatic carbocycles. The molecule has 4 nitrogen and oxygen atoms in total. The molecule has 0 radical (unpaired) electrons. The second kappa shape index (κ2) is 11.0. The van der Waals surface area contributed by atoms with Gasteiger partial charge in [-0.3, -0.25) is 0 Å². The van der Waals surface area contributed by atoms with Crippen molar-refractivity contribution in [2.75, 3.05) is 13.7 Å². The number of halogens is 3. The highest BCUT2D eigenvalue weighted by Gasteiger charge is 2.16. The number of hydrogen-bond donors (Lipinski definition) is 2. The average Bonchev–Trinajstić information content (AvgIpc) is 2.75. The molecule has 0 bridgehead atoms. The van der Waals surface area contributed by atoms with Crippen LogP contribution in [0.15, 0.2) is 65.1 Å². The van der Waals surface area contributed by atoms with Gasteiger partial charge in [-0.05, 0) is 29.8 Å². The number of nitrogens with one attached hydrogen (secondary N) is 1. The Balaban J connectivity index is 1.73. The standard InChI is InChI=1S/C23H22BrCl2NO3/c1-29-22-10-9-19(24)18(12-27-13-21(28)15-5-3-2-4-6-15)23(22)30-14-16-7-8-17(25)11-20(16)26/h2-11,21,27-28H,12-14H2,1H3. The Bertz CT molecular complexity index is 986. The third kappa shape index (κ3) is 5.90. The maximum absolute atomic E-state index is 10.4. The molecule has 3 aromatic rings. The van der Waals surface area contributed by atoms with E-state index in [1.807, 2.05) is 48.5 Å². The lowest BCUT2D eigenvalue weighted by Crippen LogP contribution is -2.21. The maximum Gasteiger partial charge on any atom is 0.167 e. The Labute approximate surface area is 194 Å². The molecular weight excluding hydrogens is 489 g/mol. The fourth-order valence-electron chi connectivity index (χ4n) is 2.98. The zero-order chi connectivity index (χ0) is 21.5. The molecule has 0 aliphatic heterocycles. The van der Waals surface area contributed by atoms with Crippen LogP contribution in [0.1, 0.15) is 22.8 Å².